The number of rotatable bonds is 9. The average molecular weight is 574 g/mol. The lowest BCUT2D eigenvalue weighted by atomic mass is 10.0. The van der Waals surface area contributed by atoms with E-state index in [4.69, 9.17) is 9.47 Å². The lowest BCUT2D eigenvalue weighted by Gasteiger charge is -2.25. The van der Waals surface area contributed by atoms with Crippen LogP contribution < -0.4 is 0 Å². The fourth-order valence-electron chi connectivity index (χ4n) is 3.17. The molecule has 0 spiro atoms. The first-order chi connectivity index (χ1) is 17.3. The van der Waals surface area contributed by atoms with E-state index in [-0.39, 0.29) is 12.1 Å². The minimum Gasteiger partial charge on any atom is -0.394 e. The van der Waals surface area contributed by atoms with Crippen molar-refractivity contribution >= 4 is 0 Å². The zero-order valence-electron chi connectivity index (χ0n) is 18.7. The normalized spacial score (nSPS) is 15.0. The molecule has 214 valence electrons. The number of benzene rings is 2. The first-order valence-electron chi connectivity index (χ1n) is 10.3. The van der Waals surface area contributed by atoms with E-state index in [0.717, 1.165) is 0 Å². The van der Waals surface area contributed by atoms with Gasteiger partial charge in [0.1, 0.15) is 12.2 Å². The monoisotopic (exact) mass is 574 g/mol. The number of hydrogen-bond acceptors (Lipinski definition) is 4. The van der Waals surface area contributed by atoms with Gasteiger partial charge in [0.15, 0.2) is 0 Å². The summed E-state index contributed by atoms with van der Waals surface area (Å²) in [5.41, 5.74) is -7.85. The summed E-state index contributed by atoms with van der Waals surface area (Å²) in [6.07, 6.45) is -23.9. The van der Waals surface area contributed by atoms with Gasteiger partial charge in [-0.2, -0.15) is 52.7 Å². The van der Waals surface area contributed by atoms with Crippen LogP contribution in [0.1, 0.15) is 33.4 Å². The second kappa shape index (κ2) is 11.7. The largest absolute Gasteiger partial charge is 0.416 e. The molecule has 0 bridgehead atoms. The molecule has 0 saturated heterocycles. The summed E-state index contributed by atoms with van der Waals surface area (Å²) in [5, 5.41) is 19.0. The maximum atomic E-state index is 13.0. The van der Waals surface area contributed by atoms with Gasteiger partial charge in [-0.05, 0) is 47.5 Å². The Morgan fingerprint density at radius 1 is 0.474 bits per heavy atom. The predicted molar refractivity (Wildman–Crippen MR) is 104 cm³/mol. The van der Waals surface area contributed by atoms with Gasteiger partial charge in [0.25, 0.3) is 0 Å². The van der Waals surface area contributed by atoms with Crippen molar-refractivity contribution < 1.29 is 72.4 Å². The maximum absolute atomic E-state index is 13.0. The highest BCUT2D eigenvalue weighted by Gasteiger charge is 2.38. The van der Waals surface area contributed by atoms with Crippen molar-refractivity contribution in [1.29, 1.82) is 0 Å². The van der Waals surface area contributed by atoms with Gasteiger partial charge in [0, 0.05) is 0 Å². The zero-order chi connectivity index (χ0) is 29.1. The van der Waals surface area contributed by atoms with Crippen molar-refractivity contribution in [3.63, 3.8) is 0 Å². The van der Waals surface area contributed by atoms with Gasteiger partial charge in [0.05, 0.1) is 48.7 Å². The topological polar surface area (TPSA) is 58.9 Å². The number of aliphatic hydroxyl groups is 2. The Kier molecular flexibility index (Phi) is 9.72. The summed E-state index contributed by atoms with van der Waals surface area (Å²) >= 11 is 0. The highest BCUT2D eigenvalue weighted by molar-refractivity contribution is 5.34. The molecule has 2 N–H and O–H groups in total. The SMILES string of the molecule is OC[C@H](OCc1cc(C(F)(F)F)cc(C(F)(F)F)c1)[C@H](CO)OCc1cc(C(F)(F)F)cc(C(F)(F)F)c1. The Bertz CT molecular complexity index is 924. The zero-order valence-corrected chi connectivity index (χ0v) is 18.7. The van der Waals surface area contributed by atoms with Crippen molar-refractivity contribution in [3.8, 4) is 0 Å². The van der Waals surface area contributed by atoms with Crippen LogP contribution in [0.4, 0.5) is 52.7 Å². The molecule has 2 atom stereocenters. The van der Waals surface area contributed by atoms with Crippen molar-refractivity contribution in [2.45, 2.75) is 50.1 Å². The molecular formula is C22H18F12O4. The summed E-state index contributed by atoms with van der Waals surface area (Å²) in [6, 6.07) is 1.13. The molecule has 2 rings (SSSR count). The Balaban J connectivity index is 2.23. The van der Waals surface area contributed by atoms with Crippen LogP contribution in [0.2, 0.25) is 0 Å². The van der Waals surface area contributed by atoms with Crippen molar-refractivity contribution in [2.75, 3.05) is 13.2 Å². The fourth-order valence-corrected chi connectivity index (χ4v) is 3.17. The molecule has 0 aromatic heterocycles. The molecule has 0 aliphatic rings. The Labute approximate surface area is 206 Å². The van der Waals surface area contributed by atoms with E-state index in [2.05, 4.69) is 0 Å². The summed E-state index contributed by atoms with van der Waals surface area (Å²) in [7, 11) is 0. The molecular weight excluding hydrogens is 556 g/mol. The Morgan fingerprint density at radius 2 is 0.711 bits per heavy atom. The van der Waals surface area contributed by atoms with Crippen LogP contribution in [0.5, 0.6) is 0 Å². The lowest BCUT2D eigenvalue weighted by Crippen LogP contribution is -2.37. The van der Waals surface area contributed by atoms with Crippen LogP contribution >= 0.6 is 0 Å². The second-order valence-corrected chi connectivity index (χ2v) is 7.89. The lowest BCUT2D eigenvalue weighted by molar-refractivity contribution is -0.145. The first kappa shape index (κ1) is 31.7. The minimum atomic E-state index is -5.15. The van der Waals surface area contributed by atoms with Crippen LogP contribution in [0.25, 0.3) is 0 Å². The fraction of sp³-hybridized carbons (Fsp3) is 0.455. The van der Waals surface area contributed by atoms with E-state index in [1.165, 1.54) is 0 Å². The Morgan fingerprint density at radius 3 is 0.895 bits per heavy atom. The van der Waals surface area contributed by atoms with E-state index in [1.54, 1.807) is 0 Å². The molecule has 0 aliphatic carbocycles. The molecule has 16 heteroatoms. The van der Waals surface area contributed by atoms with Crippen LogP contribution in [0, 0.1) is 0 Å². The van der Waals surface area contributed by atoms with Crippen molar-refractivity contribution in [1.82, 2.24) is 0 Å². The summed E-state index contributed by atoms with van der Waals surface area (Å²) in [4.78, 5) is 0. The van der Waals surface area contributed by atoms with Gasteiger partial charge in [-0.15, -0.1) is 0 Å². The van der Waals surface area contributed by atoms with E-state index in [1.807, 2.05) is 0 Å². The quantitative estimate of drug-likeness (QED) is 0.350. The molecule has 0 unspecified atom stereocenters. The molecule has 0 amide bonds. The van der Waals surface area contributed by atoms with Gasteiger partial charge < -0.3 is 19.7 Å². The molecule has 0 heterocycles. The molecule has 2 aromatic carbocycles. The first-order valence-corrected chi connectivity index (χ1v) is 10.3. The second-order valence-electron chi connectivity index (χ2n) is 7.89. The molecule has 0 fully saturated rings. The third kappa shape index (κ3) is 8.74. The van der Waals surface area contributed by atoms with Crippen LogP contribution in [-0.4, -0.2) is 35.6 Å². The molecule has 0 radical (unpaired) electrons. The highest BCUT2D eigenvalue weighted by Crippen LogP contribution is 2.38. The van der Waals surface area contributed by atoms with E-state index < -0.39 is 96.7 Å². The van der Waals surface area contributed by atoms with E-state index in [9.17, 15) is 62.9 Å². The molecule has 2 aromatic rings. The predicted octanol–water partition coefficient (Wildman–Crippen LogP) is 6.22. The smallest absolute Gasteiger partial charge is 0.394 e. The molecule has 0 saturated carbocycles. The number of aliphatic hydroxyl groups excluding tert-OH is 2. The number of ether oxygens (including phenoxy) is 2. The third-order valence-electron chi connectivity index (χ3n) is 5.00. The summed E-state index contributed by atoms with van der Waals surface area (Å²) in [5.74, 6) is 0. The van der Waals surface area contributed by atoms with Crippen LogP contribution in [0.15, 0.2) is 36.4 Å². The minimum absolute atomic E-state index is 0.128. The van der Waals surface area contributed by atoms with Crippen LogP contribution in [0.3, 0.4) is 0 Å². The Hall–Kier alpha value is -2.56. The highest BCUT2D eigenvalue weighted by atomic mass is 19.4. The van der Waals surface area contributed by atoms with Crippen molar-refractivity contribution in [2.24, 2.45) is 0 Å². The van der Waals surface area contributed by atoms with Gasteiger partial charge in [0.2, 0.25) is 0 Å². The van der Waals surface area contributed by atoms with E-state index in [0.29, 0.717) is 24.3 Å². The van der Waals surface area contributed by atoms with Gasteiger partial charge in [-0.3, -0.25) is 0 Å². The number of alkyl halides is 12. The van der Waals surface area contributed by atoms with Crippen molar-refractivity contribution in [3.05, 3.63) is 69.8 Å². The third-order valence-corrected chi connectivity index (χ3v) is 5.00. The summed E-state index contributed by atoms with van der Waals surface area (Å²) in [6.45, 7) is -3.99. The van der Waals surface area contributed by atoms with E-state index >= 15 is 0 Å². The van der Waals surface area contributed by atoms with Gasteiger partial charge in [-0.25, -0.2) is 0 Å². The number of hydrogen-bond donors (Lipinski definition) is 2. The van der Waals surface area contributed by atoms with Gasteiger partial charge in [-0.1, -0.05) is 0 Å². The average Bonchev–Trinajstić information content (AvgIpc) is 2.78. The van der Waals surface area contributed by atoms with Gasteiger partial charge >= 0.3 is 24.7 Å². The standard InChI is InChI=1S/C22H18F12O4/c23-19(24,25)13-1-11(2-14(5-13)20(26,27)28)9-37-17(7-35)18(8-36)38-10-12-3-15(21(29,30)31)6-16(4-12)22(32,33)34/h1-6,17-18,35-36H,7-10H2/t17-,18-/m0/s1. The molecule has 0 aliphatic heterocycles. The molecule has 4 nitrogen and oxygen atoms in total. The maximum Gasteiger partial charge on any atom is 0.416 e. The molecule has 38 heavy (non-hydrogen) atoms. The number of halogens is 12. The van der Waals surface area contributed by atoms with Crippen LogP contribution in [-0.2, 0) is 47.4 Å². The summed E-state index contributed by atoms with van der Waals surface area (Å²) < 4.78 is 166.